The van der Waals surface area contributed by atoms with Crippen molar-refractivity contribution in [2.45, 2.75) is 24.1 Å². The van der Waals surface area contributed by atoms with Crippen LogP contribution in [0.3, 0.4) is 0 Å². The van der Waals surface area contributed by atoms with Crippen LogP contribution in [0, 0.1) is 6.92 Å². The molecule has 1 N–H and O–H groups in total. The summed E-state index contributed by atoms with van der Waals surface area (Å²) in [6, 6.07) is 7.08. The van der Waals surface area contributed by atoms with Crippen molar-refractivity contribution in [1.82, 2.24) is 4.98 Å². The van der Waals surface area contributed by atoms with Crippen LogP contribution in [0.2, 0.25) is 0 Å². The smallest absolute Gasteiger partial charge is 0.288 e. The first-order valence-corrected chi connectivity index (χ1v) is 7.04. The lowest BCUT2D eigenvalue weighted by Crippen LogP contribution is -1.99. The van der Waals surface area contributed by atoms with Crippen LogP contribution < -0.4 is 5.32 Å². The zero-order chi connectivity index (χ0) is 13.0. The van der Waals surface area contributed by atoms with Gasteiger partial charge in [0.05, 0.1) is 11.6 Å². The number of alkyl halides is 2. The Morgan fingerprint density at radius 2 is 2.17 bits per heavy atom. The highest BCUT2D eigenvalue weighted by Gasteiger charge is 2.09. The number of aryl methyl sites for hydroxylation is 1. The Labute approximate surface area is 112 Å². The minimum absolute atomic E-state index is 0.557. The largest absolute Gasteiger partial charge is 0.379 e. The highest BCUT2D eigenvalue weighted by atomic mass is 32.2. The van der Waals surface area contributed by atoms with E-state index in [1.807, 2.05) is 13.0 Å². The summed E-state index contributed by atoms with van der Waals surface area (Å²) in [5.74, 6) is -2.40. The van der Waals surface area contributed by atoms with Crippen molar-refractivity contribution in [3.63, 3.8) is 0 Å². The van der Waals surface area contributed by atoms with Crippen LogP contribution in [0.1, 0.15) is 9.88 Å². The molecule has 2 aromatic rings. The van der Waals surface area contributed by atoms with Crippen LogP contribution in [-0.4, -0.2) is 10.7 Å². The number of nitrogens with zero attached hydrogens (tertiary/aromatic N) is 1. The molecule has 1 heterocycles. The van der Waals surface area contributed by atoms with Gasteiger partial charge in [-0.2, -0.15) is 8.78 Å². The number of thiazole rings is 1. The van der Waals surface area contributed by atoms with Gasteiger partial charge >= 0.3 is 0 Å². The SMILES string of the molecule is Cc1ncc(CNc2ccccc2SC(F)F)s1. The summed E-state index contributed by atoms with van der Waals surface area (Å²) in [5, 5.41) is 4.17. The molecular formula is C12H12F2N2S2. The number of aromatic nitrogens is 1. The molecule has 0 aliphatic carbocycles. The van der Waals surface area contributed by atoms with Crippen molar-refractivity contribution in [1.29, 1.82) is 0 Å². The molecule has 0 bridgehead atoms. The van der Waals surface area contributed by atoms with Crippen LogP contribution in [0.4, 0.5) is 14.5 Å². The summed E-state index contributed by atoms with van der Waals surface area (Å²) in [6.45, 7) is 2.54. The second kappa shape index (κ2) is 6.15. The number of benzene rings is 1. The summed E-state index contributed by atoms with van der Waals surface area (Å²) >= 11 is 2.16. The van der Waals surface area contributed by atoms with E-state index in [2.05, 4.69) is 10.3 Å². The average molecular weight is 286 g/mol. The van der Waals surface area contributed by atoms with E-state index < -0.39 is 5.76 Å². The molecule has 2 nitrogen and oxygen atoms in total. The fourth-order valence-corrected chi connectivity index (χ4v) is 2.83. The molecule has 0 radical (unpaired) electrons. The molecule has 0 unspecified atom stereocenters. The molecule has 0 aliphatic rings. The minimum Gasteiger partial charge on any atom is -0.379 e. The number of anilines is 1. The van der Waals surface area contributed by atoms with E-state index in [4.69, 9.17) is 0 Å². The predicted molar refractivity (Wildman–Crippen MR) is 72.5 cm³/mol. The number of hydrogen-bond donors (Lipinski definition) is 1. The maximum atomic E-state index is 12.4. The molecule has 18 heavy (non-hydrogen) atoms. The summed E-state index contributed by atoms with van der Waals surface area (Å²) in [4.78, 5) is 5.80. The van der Waals surface area contributed by atoms with E-state index in [-0.39, 0.29) is 0 Å². The molecule has 0 spiro atoms. The van der Waals surface area contributed by atoms with Gasteiger partial charge in [0.1, 0.15) is 0 Å². The van der Waals surface area contributed by atoms with Crippen molar-refractivity contribution in [2.24, 2.45) is 0 Å². The van der Waals surface area contributed by atoms with E-state index in [0.717, 1.165) is 15.6 Å². The van der Waals surface area contributed by atoms with E-state index >= 15 is 0 Å². The van der Waals surface area contributed by atoms with Gasteiger partial charge in [0.15, 0.2) is 0 Å². The Morgan fingerprint density at radius 3 is 2.83 bits per heavy atom. The normalized spacial score (nSPS) is 10.9. The number of nitrogens with one attached hydrogen (secondary N) is 1. The summed E-state index contributed by atoms with van der Waals surface area (Å²) in [6.07, 6.45) is 1.80. The number of rotatable bonds is 5. The van der Waals surface area contributed by atoms with E-state index in [1.165, 1.54) is 0 Å². The first kappa shape index (κ1) is 13.3. The van der Waals surface area contributed by atoms with Gasteiger partial charge in [-0.1, -0.05) is 23.9 Å². The molecule has 0 atom stereocenters. The molecule has 0 fully saturated rings. The zero-order valence-electron chi connectivity index (χ0n) is 9.69. The van der Waals surface area contributed by atoms with Gasteiger partial charge in [0, 0.05) is 21.7 Å². The van der Waals surface area contributed by atoms with Crippen molar-refractivity contribution >= 4 is 28.8 Å². The first-order valence-electron chi connectivity index (χ1n) is 5.34. The molecule has 96 valence electrons. The molecule has 1 aromatic heterocycles. The van der Waals surface area contributed by atoms with Crippen LogP contribution in [-0.2, 0) is 6.54 Å². The van der Waals surface area contributed by atoms with Gasteiger partial charge in [-0.25, -0.2) is 4.98 Å². The molecule has 2 rings (SSSR count). The first-order chi connectivity index (χ1) is 8.65. The summed E-state index contributed by atoms with van der Waals surface area (Å²) < 4.78 is 24.8. The average Bonchev–Trinajstić information content (AvgIpc) is 2.73. The highest BCUT2D eigenvalue weighted by molar-refractivity contribution is 7.99. The second-order valence-electron chi connectivity index (χ2n) is 3.57. The monoisotopic (exact) mass is 286 g/mol. The third kappa shape index (κ3) is 3.68. The van der Waals surface area contributed by atoms with Gasteiger partial charge < -0.3 is 5.32 Å². The molecule has 0 saturated heterocycles. The maximum absolute atomic E-state index is 12.4. The van der Waals surface area contributed by atoms with Crippen molar-refractivity contribution in [3.8, 4) is 0 Å². The van der Waals surface area contributed by atoms with Crippen molar-refractivity contribution < 1.29 is 8.78 Å². The van der Waals surface area contributed by atoms with Crippen molar-refractivity contribution in [3.05, 3.63) is 40.3 Å². The Morgan fingerprint density at radius 1 is 1.39 bits per heavy atom. The number of thioether (sulfide) groups is 1. The lowest BCUT2D eigenvalue weighted by molar-refractivity contribution is 0.252. The Kier molecular flexibility index (Phi) is 4.54. The Hall–Kier alpha value is -1.14. The quantitative estimate of drug-likeness (QED) is 0.826. The molecule has 0 saturated carbocycles. The Bertz CT molecular complexity index is 514. The van der Waals surface area contributed by atoms with Gasteiger partial charge in [0.25, 0.3) is 5.76 Å². The molecule has 1 aromatic carbocycles. The number of para-hydroxylation sites is 1. The third-order valence-corrected chi connectivity index (χ3v) is 3.93. The fourth-order valence-electron chi connectivity index (χ4n) is 1.48. The van der Waals surface area contributed by atoms with Gasteiger partial charge in [-0.3, -0.25) is 0 Å². The van der Waals surface area contributed by atoms with Crippen molar-refractivity contribution in [2.75, 3.05) is 5.32 Å². The molecular weight excluding hydrogens is 274 g/mol. The zero-order valence-corrected chi connectivity index (χ0v) is 11.3. The molecule has 0 aliphatic heterocycles. The number of hydrogen-bond acceptors (Lipinski definition) is 4. The van der Waals surface area contributed by atoms with Gasteiger partial charge in [-0.15, -0.1) is 11.3 Å². The van der Waals surface area contributed by atoms with Gasteiger partial charge in [0.2, 0.25) is 0 Å². The lowest BCUT2D eigenvalue weighted by atomic mass is 10.3. The fraction of sp³-hybridized carbons (Fsp3) is 0.250. The maximum Gasteiger partial charge on any atom is 0.288 e. The third-order valence-electron chi connectivity index (χ3n) is 2.23. The van der Waals surface area contributed by atoms with E-state index in [1.54, 1.807) is 35.7 Å². The topological polar surface area (TPSA) is 24.9 Å². The predicted octanol–water partition coefficient (Wildman–Crippen LogP) is 4.38. The highest BCUT2D eigenvalue weighted by Crippen LogP contribution is 2.32. The van der Waals surface area contributed by atoms with E-state index in [9.17, 15) is 8.78 Å². The molecule has 6 heteroatoms. The summed E-state index contributed by atoms with van der Waals surface area (Å²) in [5.41, 5.74) is 0.730. The number of halogens is 2. The van der Waals surface area contributed by atoms with E-state index in [0.29, 0.717) is 23.2 Å². The minimum atomic E-state index is -2.40. The molecule has 0 amide bonds. The standard InChI is InChI=1S/C12H12F2N2S2/c1-8-15-6-9(17-8)7-16-10-4-2-3-5-11(10)18-12(13)14/h2-6,12,16H,7H2,1H3. The van der Waals surface area contributed by atoms with Crippen LogP contribution in [0.15, 0.2) is 35.4 Å². The lowest BCUT2D eigenvalue weighted by Gasteiger charge is -2.10. The second-order valence-corrected chi connectivity index (χ2v) is 5.93. The summed E-state index contributed by atoms with van der Waals surface area (Å²) in [7, 11) is 0. The van der Waals surface area contributed by atoms with Gasteiger partial charge in [-0.05, 0) is 19.1 Å². The Balaban J connectivity index is 2.04. The van der Waals surface area contributed by atoms with Crippen LogP contribution >= 0.6 is 23.1 Å². The van der Waals surface area contributed by atoms with Crippen LogP contribution in [0.25, 0.3) is 0 Å². The van der Waals surface area contributed by atoms with Crippen LogP contribution in [0.5, 0.6) is 0 Å².